The average Bonchev–Trinajstić information content (AvgIpc) is 3.15. The number of carbonyl (C=O) groups excluding carboxylic acids is 1. The van der Waals surface area contributed by atoms with Crippen molar-refractivity contribution in [1.82, 2.24) is 15.4 Å². The smallest absolute Gasteiger partial charge is 0.354 e. The summed E-state index contributed by atoms with van der Waals surface area (Å²) in [6.45, 7) is 4.67. The number of hydrogen-bond donors (Lipinski definition) is 1. The van der Waals surface area contributed by atoms with Crippen molar-refractivity contribution in [3.05, 3.63) is 23.2 Å². The maximum atomic E-state index is 12.3. The normalized spacial score (nSPS) is 22.9. The van der Waals surface area contributed by atoms with Crippen LogP contribution in [0.4, 0.5) is 19.0 Å². The van der Waals surface area contributed by atoms with Gasteiger partial charge in [0, 0.05) is 43.3 Å². The van der Waals surface area contributed by atoms with E-state index in [9.17, 15) is 18.0 Å². The molecule has 4 rings (SSSR count). The zero-order valence-electron chi connectivity index (χ0n) is 17.8. The lowest BCUT2D eigenvalue weighted by Crippen LogP contribution is -2.47. The predicted octanol–water partition coefficient (Wildman–Crippen LogP) is 4.62. The Bertz CT molecular complexity index is 920. The van der Waals surface area contributed by atoms with Gasteiger partial charge in [0.25, 0.3) is 0 Å². The average molecular weight is 473 g/mol. The highest BCUT2D eigenvalue weighted by Gasteiger charge is 2.32. The van der Waals surface area contributed by atoms with E-state index in [1.54, 1.807) is 6.07 Å². The molecule has 0 radical (unpaired) electrons. The number of anilines is 1. The molecule has 2 aliphatic rings. The lowest BCUT2D eigenvalue weighted by Gasteiger charge is -2.36. The number of aromatic nitrogens is 1. The first-order valence-electron chi connectivity index (χ1n) is 11.2. The van der Waals surface area contributed by atoms with Crippen molar-refractivity contribution in [1.29, 1.82) is 0 Å². The first-order chi connectivity index (χ1) is 15.3. The Kier molecular flexibility index (Phi) is 7.14. The highest BCUT2D eigenvalue weighted by Crippen LogP contribution is 2.30. The van der Waals surface area contributed by atoms with E-state index in [0.717, 1.165) is 76.0 Å². The summed E-state index contributed by atoms with van der Waals surface area (Å²) in [5, 5.41) is 8.37. The molecule has 1 amide bonds. The van der Waals surface area contributed by atoms with Crippen LogP contribution in [-0.4, -0.2) is 60.9 Å². The van der Waals surface area contributed by atoms with Gasteiger partial charge in [-0.15, -0.1) is 0 Å². The van der Waals surface area contributed by atoms with Crippen molar-refractivity contribution in [2.45, 2.75) is 50.7 Å². The van der Waals surface area contributed by atoms with E-state index in [4.69, 9.17) is 16.1 Å². The number of nitrogens with one attached hydrogen (secondary N) is 1. The number of fused-ring (bicyclic) bond motifs is 1. The van der Waals surface area contributed by atoms with E-state index in [2.05, 4.69) is 20.3 Å². The SMILES string of the molecule is O=C(CC(F)(F)F)N[C@H]1CC[C@H](CCN2CCN(c3noc4cc(Cl)ccc34)CC2)CC1. The number of hydrogen-bond acceptors (Lipinski definition) is 5. The molecule has 10 heteroatoms. The monoisotopic (exact) mass is 472 g/mol. The Morgan fingerprint density at radius 3 is 2.56 bits per heavy atom. The van der Waals surface area contributed by atoms with Crippen molar-refractivity contribution in [2.75, 3.05) is 37.6 Å². The van der Waals surface area contributed by atoms with Crippen molar-refractivity contribution in [3.8, 4) is 0 Å². The molecule has 1 aromatic heterocycles. The number of benzene rings is 1. The summed E-state index contributed by atoms with van der Waals surface area (Å²) in [5.74, 6) is 0.511. The Balaban J connectivity index is 1.16. The molecule has 0 bridgehead atoms. The van der Waals surface area contributed by atoms with E-state index < -0.39 is 18.5 Å². The summed E-state index contributed by atoms with van der Waals surface area (Å²) in [6.07, 6.45) is -1.35. The zero-order valence-corrected chi connectivity index (χ0v) is 18.6. The van der Waals surface area contributed by atoms with Crippen molar-refractivity contribution >= 4 is 34.3 Å². The van der Waals surface area contributed by atoms with Crippen LogP contribution in [0.1, 0.15) is 38.5 Å². The fourth-order valence-electron chi connectivity index (χ4n) is 4.73. The van der Waals surface area contributed by atoms with Gasteiger partial charge >= 0.3 is 6.18 Å². The van der Waals surface area contributed by atoms with Gasteiger partial charge in [0.05, 0.1) is 5.39 Å². The van der Waals surface area contributed by atoms with Gasteiger partial charge in [0.15, 0.2) is 11.4 Å². The van der Waals surface area contributed by atoms with Crippen molar-refractivity contribution in [2.24, 2.45) is 5.92 Å². The van der Waals surface area contributed by atoms with Gasteiger partial charge in [-0.1, -0.05) is 16.8 Å². The quantitative estimate of drug-likeness (QED) is 0.664. The molecule has 0 spiro atoms. The van der Waals surface area contributed by atoms with Crippen LogP contribution < -0.4 is 10.2 Å². The summed E-state index contributed by atoms with van der Waals surface area (Å²) in [4.78, 5) is 16.2. The molecule has 176 valence electrons. The molecule has 0 atom stereocenters. The minimum Gasteiger partial charge on any atom is -0.354 e. The first kappa shape index (κ1) is 23.2. The van der Waals surface area contributed by atoms with E-state index in [0.29, 0.717) is 16.5 Å². The number of carbonyl (C=O) groups is 1. The third-order valence-electron chi connectivity index (χ3n) is 6.51. The number of piperazine rings is 1. The second-order valence-corrected chi connectivity index (χ2v) is 9.28. The van der Waals surface area contributed by atoms with Crippen LogP contribution in [0.15, 0.2) is 22.7 Å². The fourth-order valence-corrected chi connectivity index (χ4v) is 4.89. The second kappa shape index (κ2) is 9.87. The molecule has 2 aromatic rings. The topological polar surface area (TPSA) is 61.6 Å². The van der Waals surface area contributed by atoms with E-state index >= 15 is 0 Å². The van der Waals surface area contributed by atoms with Gasteiger partial charge in [-0.25, -0.2) is 0 Å². The number of rotatable bonds is 6. The Labute approximate surface area is 190 Å². The van der Waals surface area contributed by atoms with Gasteiger partial charge in [-0.3, -0.25) is 9.69 Å². The van der Waals surface area contributed by atoms with E-state index in [1.165, 1.54) is 0 Å². The molecule has 0 unspecified atom stereocenters. The highest BCUT2D eigenvalue weighted by atomic mass is 35.5. The molecule has 1 saturated heterocycles. The molecule has 2 fully saturated rings. The molecular formula is C22H28ClF3N4O2. The van der Waals surface area contributed by atoms with Crippen LogP contribution in [0.2, 0.25) is 5.02 Å². The Hall–Kier alpha value is -2.00. The number of nitrogens with zero attached hydrogens (tertiary/aromatic N) is 3. The van der Waals surface area contributed by atoms with Crippen LogP contribution in [-0.2, 0) is 4.79 Å². The molecule has 1 aromatic carbocycles. The number of amides is 1. The third kappa shape index (κ3) is 6.07. The van der Waals surface area contributed by atoms with E-state index in [1.807, 2.05) is 12.1 Å². The van der Waals surface area contributed by atoms with Gasteiger partial charge in [-0.2, -0.15) is 13.2 Å². The minimum atomic E-state index is -4.44. The van der Waals surface area contributed by atoms with Crippen LogP contribution in [0.3, 0.4) is 0 Å². The number of halogens is 4. The van der Waals surface area contributed by atoms with E-state index in [-0.39, 0.29) is 6.04 Å². The molecule has 2 heterocycles. The Morgan fingerprint density at radius 1 is 1.16 bits per heavy atom. The van der Waals surface area contributed by atoms with Crippen molar-refractivity contribution in [3.63, 3.8) is 0 Å². The molecule has 1 aliphatic carbocycles. The van der Waals surface area contributed by atoms with Crippen LogP contribution >= 0.6 is 11.6 Å². The molecule has 1 aliphatic heterocycles. The van der Waals surface area contributed by atoms with Gasteiger partial charge < -0.3 is 14.7 Å². The lowest BCUT2D eigenvalue weighted by atomic mass is 9.84. The minimum absolute atomic E-state index is 0.128. The van der Waals surface area contributed by atoms with Gasteiger partial charge in [0.2, 0.25) is 5.91 Å². The summed E-state index contributed by atoms with van der Waals surface area (Å²) >= 11 is 6.02. The molecule has 1 N–H and O–H groups in total. The largest absolute Gasteiger partial charge is 0.397 e. The number of alkyl halides is 3. The predicted molar refractivity (Wildman–Crippen MR) is 117 cm³/mol. The van der Waals surface area contributed by atoms with Crippen LogP contribution in [0.25, 0.3) is 11.0 Å². The third-order valence-corrected chi connectivity index (χ3v) is 6.75. The second-order valence-electron chi connectivity index (χ2n) is 8.84. The van der Waals surface area contributed by atoms with Crippen LogP contribution in [0.5, 0.6) is 0 Å². The summed E-state index contributed by atoms with van der Waals surface area (Å²) < 4.78 is 42.3. The molecule has 1 saturated carbocycles. The highest BCUT2D eigenvalue weighted by molar-refractivity contribution is 6.31. The molecule has 6 nitrogen and oxygen atoms in total. The summed E-state index contributed by atoms with van der Waals surface area (Å²) in [5.41, 5.74) is 0.695. The maximum absolute atomic E-state index is 12.3. The van der Waals surface area contributed by atoms with Crippen LogP contribution in [0, 0.1) is 5.92 Å². The maximum Gasteiger partial charge on any atom is 0.397 e. The Morgan fingerprint density at radius 2 is 1.88 bits per heavy atom. The first-order valence-corrected chi connectivity index (χ1v) is 11.5. The summed E-state index contributed by atoms with van der Waals surface area (Å²) in [7, 11) is 0. The fraction of sp³-hybridized carbons (Fsp3) is 0.636. The lowest BCUT2D eigenvalue weighted by molar-refractivity contribution is -0.154. The standard InChI is InChI=1S/C22H28ClF3N4O2/c23-16-3-6-18-19(13-16)32-28-21(18)30-11-9-29(10-12-30)8-7-15-1-4-17(5-2-15)27-20(31)14-22(24,25)26/h3,6,13,15,17H,1-2,4-5,7-12,14H2,(H,27,31)/t15-,17-. The summed E-state index contributed by atoms with van der Waals surface area (Å²) in [6, 6.07) is 5.44. The van der Waals surface area contributed by atoms with Crippen molar-refractivity contribution < 1.29 is 22.5 Å². The molecular weight excluding hydrogens is 445 g/mol. The zero-order chi connectivity index (χ0) is 22.7. The van der Waals surface area contributed by atoms with Gasteiger partial charge in [-0.05, 0) is 56.7 Å². The van der Waals surface area contributed by atoms with Gasteiger partial charge in [0.1, 0.15) is 6.42 Å². The molecule has 32 heavy (non-hydrogen) atoms.